The second-order valence-electron chi connectivity index (χ2n) is 16.3. The molecule has 6 nitrogen and oxygen atoms in total. The molecule has 0 spiro atoms. The molecule has 0 saturated carbocycles. The number of carbonyl (C=O) groups excluding carboxylic acids is 3. The predicted octanol–water partition coefficient (Wildman–Crippen LogP) is 16.1. The first-order chi connectivity index (χ1) is 29.0. The largest absolute Gasteiger partial charge is 0.462 e. The van der Waals surface area contributed by atoms with Gasteiger partial charge < -0.3 is 14.2 Å². The Labute approximate surface area is 364 Å². The van der Waals surface area contributed by atoms with Gasteiger partial charge in [0.05, 0.1) is 0 Å². The van der Waals surface area contributed by atoms with Gasteiger partial charge in [0.1, 0.15) is 13.2 Å². The van der Waals surface area contributed by atoms with Gasteiger partial charge >= 0.3 is 17.9 Å². The molecule has 0 fully saturated rings. The molecule has 0 saturated heterocycles. The quantitative estimate of drug-likeness (QED) is 0.0263. The van der Waals surface area contributed by atoms with Gasteiger partial charge in [-0.05, 0) is 96.3 Å². The van der Waals surface area contributed by atoms with Gasteiger partial charge in [-0.25, -0.2) is 0 Å². The van der Waals surface area contributed by atoms with Crippen LogP contribution in [0.2, 0.25) is 0 Å². The zero-order valence-corrected chi connectivity index (χ0v) is 38.8. The average molecular weight is 825 g/mol. The van der Waals surface area contributed by atoms with E-state index in [2.05, 4.69) is 81.5 Å². The number of unbranched alkanes of at least 4 members (excludes halogenated alkanes) is 23. The van der Waals surface area contributed by atoms with Crippen molar-refractivity contribution in [3.63, 3.8) is 0 Å². The van der Waals surface area contributed by atoms with E-state index in [1.165, 1.54) is 128 Å². The maximum Gasteiger partial charge on any atom is 0.306 e. The summed E-state index contributed by atoms with van der Waals surface area (Å²) in [7, 11) is 0. The first kappa shape index (κ1) is 56.1. The van der Waals surface area contributed by atoms with Crippen molar-refractivity contribution in [1.82, 2.24) is 0 Å². The van der Waals surface area contributed by atoms with Crippen LogP contribution in [-0.2, 0) is 28.6 Å². The van der Waals surface area contributed by atoms with E-state index < -0.39 is 6.10 Å². The van der Waals surface area contributed by atoms with Crippen LogP contribution < -0.4 is 0 Å². The van der Waals surface area contributed by atoms with Crippen LogP contribution in [0, 0.1) is 0 Å². The number of allylic oxidation sites excluding steroid dienone is 10. The summed E-state index contributed by atoms with van der Waals surface area (Å²) in [6, 6.07) is 0. The van der Waals surface area contributed by atoms with Crippen molar-refractivity contribution in [2.75, 3.05) is 13.2 Å². The fourth-order valence-electron chi connectivity index (χ4n) is 6.75. The summed E-state index contributed by atoms with van der Waals surface area (Å²) in [5, 5.41) is 0. The van der Waals surface area contributed by atoms with E-state index in [1.54, 1.807) is 0 Å². The van der Waals surface area contributed by atoms with Crippen LogP contribution in [0.15, 0.2) is 60.8 Å². The van der Waals surface area contributed by atoms with Gasteiger partial charge in [-0.15, -0.1) is 0 Å². The number of hydrogen-bond donors (Lipinski definition) is 0. The Bertz CT molecular complexity index is 1090. The third-order valence-corrected chi connectivity index (χ3v) is 10.5. The lowest BCUT2D eigenvalue weighted by Crippen LogP contribution is -2.30. The summed E-state index contributed by atoms with van der Waals surface area (Å²) in [6.07, 6.45) is 57.8. The van der Waals surface area contributed by atoms with Crippen LogP contribution in [0.5, 0.6) is 0 Å². The SMILES string of the molecule is CC/C=C\C/C=C\C/C=C\CCCC(=O)OCC(COC(=O)CCCCCCCCC/C=C\CCCCCC)OC(=O)CCCCCCCCC/C=C\CCCCCC. The molecular weight excluding hydrogens is 733 g/mol. The zero-order valence-electron chi connectivity index (χ0n) is 38.8. The molecule has 0 aromatic rings. The van der Waals surface area contributed by atoms with E-state index in [1.807, 2.05) is 0 Å². The molecule has 0 heterocycles. The van der Waals surface area contributed by atoms with Crippen molar-refractivity contribution in [1.29, 1.82) is 0 Å². The minimum Gasteiger partial charge on any atom is -0.462 e. The van der Waals surface area contributed by atoms with Crippen molar-refractivity contribution >= 4 is 17.9 Å². The van der Waals surface area contributed by atoms with Crippen molar-refractivity contribution in [3.8, 4) is 0 Å². The smallest absolute Gasteiger partial charge is 0.306 e. The van der Waals surface area contributed by atoms with Gasteiger partial charge in [0.2, 0.25) is 0 Å². The Morgan fingerprint density at radius 1 is 0.356 bits per heavy atom. The highest BCUT2D eigenvalue weighted by atomic mass is 16.6. The standard InChI is InChI=1S/C53H92O6/c1-4-7-10-13-16-19-22-24-26-28-31-34-37-40-43-46-52(55)58-49-50(48-57-51(54)45-42-39-36-33-30-21-18-15-12-9-6-3)59-53(56)47-44-41-38-35-32-29-27-25-23-20-17-14-11-8-5-2/h9,12,18-23,33,36,50H,4-8,10-11,13-17,24-32,34-35,37-49H2,1-3H3/b12-9-,21-18-,22-19-,23-20-,36-33-. The number of esters is 3. The van der Waals surface area contributed by atoms with E-state index in [0.717, 1.165) is 64.2 Å². The monoisotopic (exact) mass is 825 g/mol. The lowest BCUT2D eigenvalue weighted by molar-refractivity contribution is -0.167. The Hall–Kier alpha value is -2.89. The second-order valence-corrected chi connectivity index (χ2v) is 16.3. The Morgan fingerprint density at radius 3 is 1.12 bits per heavy atom. The molecule has 0 aliphatic heterocycles. The molecule has 1 unspecified atom stereocenters. The summed E-state index contributed by atoms with van der Waals surface area (Å²) in [6.45, 7) is 6.44. The van der Waals surface area contributed by atoms with Crippen LogP contribution in [0.3, 0.4) is 0 Å². The van der Waals surface area contributed by atoms with Crippen LogP contribution in [0.25, 0.3) is 0 Å². The topological polar surface area (TPSA) is 78.9 Å². The Balaban J connectivity index is 4.42. The molecule has 6 heteroatoms. The second kappa shape index (κ2) is 47.8. The number of ether oxygens (including phenoxy) is 3. The van der Waals surface area contributed by atoms with Crippen molar-refractivity contribution < 1.29 is 28.6 Å². The number of carbonyl (C=O) groups is 3. The average Bonchev–Trinajstić information content (AvgIpc) is 3.23. The molecule has 0 aliphatic rings. The maximum absolute atomic E-state index is 12.8. The van der Waals surface area contributed by atoms with Crippen LogP contribution in [-0.4, -0.2) is 37.2 Å². The Kier molecular flexibility index (Phi) is 45.4. The predicted molar refractivity (Wildman–Crippen MR) is 251 cm³/mol. The molecule has 0 N–H and O–H groups in total. The fraction of sp³-hybridized carbons (Fsp3) is 0.755. The number of rotatable bonds is 44. The van der Waals surface area contributed by atoms with E-state index in [0.29, 0.717) is 19.3 Å². The third-order valence-electron chi connectivity index (χ3n) is 10.5. The molecule has 340 valence electrons. The zero-order chi connectivity index (χ0) is 43.0. The van der Waals surface area contributed by atoms with Gasteiger partial charge in [-0.1, -0.05) is 184 Å². The van der Waals surface area contributed by atoms with Gasteiger partial charge in [-0.3, -0.25) is 14.4 Å². The van der Waals surface area contributed by atoms with E-state index >= 15 is 0 Å². The highest BCUT2D eigenvalue weighted by Gasteiger charge is 2.19. The first-order valence-corrected chi connectivity index (χ1v) is 24.8. The van der Waals surface area contributed by atoms with E-state index in [9.17, 15) is 14.4 Å². The van der Waals surface area contributed by atoms with E-state index in [4.69, 9.17) is 14.2 Å². The summed E-state index contributed by atoms with van der Waals surface area (Å²) in [5.41, 5.74) is 0. The summed E-state index contributed by atoms with van der Waals surface area (Å²) in [5.74, 6) is -0.958. The molecular formula is C53H92O6. The first-order valence-electron chi connectivity index (χ1n) is 24.8. The lowest BCUT2D eigenvalue weighted by Gasteiger charge is -2.18. The van der Waals surface area contributed by atoms with Gasteiger partial charge in [0.15, 0.2) is 6.10 Å². The van der Waals surface area contributed by atoms with Gasteiger partial charge in [-0.2, -0.15) is 0 Å². The van der Waals surface area contributed by atoms with Gasteiger partial charge in [0.25, 0.3) is 0 Å². The normalized spacial score (nSPS) is 12.5. The Morgan fingerprint density at radius 2 is 0.678 bits per heavy atom. The highest BCUT2D eigenvalue weighted by molar-refractivity contribution is 5.71. The third kappa shape index (κ3) is 46.0. The molecule has 0 bridgehead atoms. The van der Waals surface area contributed by atoms with Gasteiger partial charge in [0, 0.05) is 19.3 Å². The van der Waals surface area contributed by atoms with Crippen molar-refractivity contribution in [2.24, 2.45) is 0 Å². The van der Waals surface area contributed by atoms with Crippen LogP contribution in [0.1, 0.15) is 239 Å². The molecule has 0 aromatic heterocycles. The van der Waals surface area contributed by atoms with E-state index in [-0.39, 0.29) is 37.5 Å². The molecule has 0 radical (unpaired) electrons. The molecule has 59 heavy (non-hydrogen) atoms. The molecule has 0 aromatic carbocycles. The molecule has 0 aliphatic carbocycles. The van der Waals surface area contributed by atoms with Crippen LogP contribution in [0.4, 0.5) is 0 Å². The summed E-state index contributed by atoms with van der Waals surface area (Å²) in [4.78, 5) is 37.8. The summed E-state index contributed by atoms with van der Waals surface area (Å²) >= 11 is 0. The molecule has 1 atom stereocenters. The van der Waals surface area contributed by atoms with Crippen molar-refractivity contribution in [3.05, 3.63) is 60.8 Å². The maximum atomic E-state index is 12.8. The minimum atomic E-state index is -0.796. The minimum absolute atomic E-state index is 0.0937. The lowest BCUT2D eigenvalue weighted by atomic mass is 10.1. The highest BCUT2D eigenvalue weighted by Crippen LogP contribution is 2.14. The van der Waals surface area contributed by atoms with Crippen molar-refractivity contribution in [2.45, 2.75) is 245 Å². The molecule has 0 rings (SSSR count). The fourth-order valence-corrected chi connectivity index (χ4v) is 6.75. The summed E-state index contributed by atoms with van der Waals surface area (Å²) < 4.78 is 16.7. The number of hydrogen-bond acceptors (Lipinski definition) is 6. The van der Waals surface area contributed by atoms with Crippen LogP contribution >= 0.6 is 0 Å². The molecule has 0 amide bonds.